The van der Waals surface area contributed by atoms with Crippen molar-refractivity contribution in [1.82, 2.24) is 4.57 Å². The highest BCUT2D eigenvalue weighted by Gasteiger charge is 1.96. The predicted octanol–water partition coefficient (Wildman–Crippen LogP) is 3.82. The van der Waals surface area contributed by atoms with Gasteiger partial charge in [0.1, 0.15) is 4.64 Å². The lowest BCUT2D eigenvalue weighted by molar-refractivity contribution is 1.02. The number of pyridine rings is 1. The van der Waals surface area contributed by atoms with Crippen molar-refractivity contribution in [3.8, 4) is 5.69 Å². The topological polar surface area (TPSA) is 4.93 Å². The van der Waals surface area contributed by atoms with Crippen LogP contribution in [0.15, 0.2) is 42.6 Å². The molecule has 2 heteroatoms. The fourth-order valence-corrected chi connectivity index (χ4v) is 1.85. The Labute approximate surface area is 95.0 Å². The van der Waals surface area contributed by atoms with E-state index >= 15 is 0 Å². The standard InChI is InChI=1S/C13H13NS/c1-10-3-5-12(6-4-10)14-8-7-11(2)9-13(14)15/h3-9H,1-2H3. The van der Waals surface area contributed by atoms with Crippen molar-refractivity contribution < 1.29 is 0 Å². The number of aromatic nitrogens is 1. The zero-order valence-electron chi connectivity index (χ0n) is 8.90. The molecule has 2 rings (SSSR count). The SMILES string of the molecule is Cc1ccc(-n2ccc(C)cc2=S)cc1. The molecule has 2 aromatic rings. The van der Waals surface area contributed by atoms with Crippen LogP contribution in [-0.4, -0.2) is 4.57 Å². The molecule has 1 nitrogen and oxygen atoms in total. The van der Waals surface area contributed by atoms with Crippen LogP contribution in [0.4, 0.5) is 0 Å². The first-order valence-electron chi connectivity index (χ1n) is 4.93. The summed E-state index contributed by atoms with van der Waals surface area (Å²) in [5, 5.41) is 0. The maximum Gasteiger partial charge on any atom is 0.110 e. The van der Waals surface area contributed by atoms with E-state index in [1.165, 1.54) is 11.1 Å². The van der Waals surface area contributed by atoms with Crippen molar-refractivity contribution in [1.29, 1.82) is 0 Å². The van der Waals surface area contributed by atoms with Crippen LogP contribution in [-0.2, 0) is 0 Å². The number of nitrogens with zero attached hydrogens (tertiary/aromatic N) is 1. The second kappa shape index (κ2) is 3.99. The first-order chi connectivity index (χ1) is 7.16. The first kappa shape index (κ1) is 10.1. The Morgan fingerprint density at radius 2 is 1.60 bits per heavy atom. The Morgan fingerprint density at radius 3 is 2.20 bits per heavy atom. The maximum atomic E-state index is 5.32. The largest absolute Gasteiger partial charge is 0.308 e. The molecular formula is C13H13NS. The second-order valence-corrected chi connectivity index (χ2v) is 4.17. The molecule has 0 aliphatic heterocycles. The van der Waals surface area contributed by atoms with Crippen LogP contribution in [0.5, 0.6) is 0 Å². The van der Waals surface area contributed by atoms with Gasteiger partial charge in [0.25, 0.3) is 0 Å². The first-order valence-corrected chi connectivity index (χ1v) is 5.34. The van der Waals surface area contributed by atoms with Crippen LogP contribution in [0.1, 0.15) is 11.1 Å². The third kappa shape index (κ3) is 2.16. The van der Waals surface area contributed by atoms with Gasteiger partial charge in [-0.15, -0.1) is 0 Å². The van der Waals surface area contributed by atoms with Crippen molar-refractivity contribution in [2.45, 2.75) is 13.8 Å². The molecule has 0 saturated carbocycles. The summed E-state index contributed by atoms with van der Waals surface area (Å²) < 4.78 is 2.86. The molecule has 0 fully saturated rings. The van der Waals surface area contributed by atoms with Gasteiger partial charge in [-0.25, -0.2) is 0 Å². The molecule has 0 aliphatic carbocycles. The minimum atomic E-state index is 0.846. The predicted molar refractivity (Wildman–Crippen MR) is 66.1 cm³/mol. The van der Waals surface area contributed by atoms with Crippen molar-refractivity contribution in [3.63, 3.8) is 0 Å². The van der Waals surface area contributed by atoms with E-state index in [0.717, 1.165) is 10.3 Å². The van der Waals surface area contributed by atoms with Gasteiger partial charge in [0, 0.05) is 11.9 Å². The quantitative estimate of drug-likeness (QED) is 0.655. The van der Waals surface area contributed by atoms with E-state index in [1.54, 1.807) is 0 Å². The van der Waals surface area contributed by atoms with E-state index in [0.29, 0.717) is 0 Å². The van der Waals surface area contributed by atoms with Gasteiger partial charge >= 0.3 is 0 Å². The number of hydrogen-bond acceptors (Lipinski definition) is 1. The highest BCUT2D eigenvalue weighted by atomic mass is 32.1. The van der Waals surface area contributed by atoms with Gasteiger partial charge in [0.2, 0.25) is 0 Å². The van der Waals surface area contributed by atoms with E-state index in [9.17, 15) is 0 Å². The van der Waals surface area contributed by atoms with Crippen molar-refractivity contribution >= 4 is 12.2 Å². The Balaban J connectivity index is 2.55. The average Bonchev–Trinajstić information content (AvgIpc) is 2.20. The maximum absolute atomic E-state index is 5.32. The molecule has 0 atom stereocenters. The summed E-state index contributed by atoms with van der Waals surface area (Å²) in [6.07, 6.45) is 2.02. The van der Waals surface area contributed by atoms with Crippen LogP contribution in [0, 0.1) is 18.5 Å². The summed E-state index contributed by atoms with van der Waals surface area (Å²) >= 11 is 5.32. The van der Waals surface area contributed by atoms with Crippen LogP contribution in [0.25, 0.3) is 5.69 Å². The number of benzene rings is 1. The van der Waals surface area contributed by atoms with Crippen LogP contribution in [0.2, 0.25) is 0 Å². The molecule has 15 heavy (non-hydrogen) atoms. The van der Waals surface area contributed by atoms with Crippen molar-refractivity contribution in [2.24, 2.45) is 0 Å². The smallest absolute Gasteiger partial charge is 0.110 e. The van der Waals surface area contributed by atoms with Crippen LogP contribution in [0.3, 0.4) is 0 Å². The molecule has 0 saturated heterocycles. The highest BCUT2D eigenvalue weighted by Crippen LogP contribution is 2.11. The van der Waals surface area contributed by atoms with E-state index in [-0.39, 0.29) is 0 Å². The number of rotatable bonds is 1. The molecule has 0 radical (unpaired) electrons. The molecule has 1 aromatic carbocycles. The van der Waals surface area contributed by atoms with Gasteiger partial charge in [-0.2, -0.15) is 0 Å². The number of aryl methyl sites for hydroxylation is 2. The highest BCUT2D eigenvalue weighted by molar-refractivity contribution is 7.71. The van der Waals surface area contributed by atoms with Gasteiger partial charge in [0.05, 0.1) is 0 Å². The molecule has 0 bridgehead atoms. The van der Waals surface area contributed by atoms with E-state index in [2.05, 4.69) is 44.2 Å². The van der Waals surface area contributed by atoms with Crippen molar-refractivity contribution in [3.05, 3.63) is 58.4 Å². The van der Waals surface area contributed by atoms with Gasteiger partial charge in [0.15, 0.2) is 0 Å². The van der Waals surface area contributed by atoms with E-state index in [4.69, 9.17) is 12.2 Å². The zero-order valence-corrected chi connectivity index (χ0v) is 9.71. The molecule has 0 aliphatic rings. The molecule has 0 amide bonds. The normalized spacial score (nSPS) is 10.3. The summed E-state index contributed by atoms with van der Waals surface area (Å²) in [5.41, 5.74) is 3.58. The summed E-state index contributed by atoms with van der Waals surface area (Å²) in [6.45, 7) is 4.13. The molecule has 0 unspecified atom stereocenters. The fraction of sp³-hybridized carbons (Fsp3) is 0.154. The van der Waals surface area contributed by atoms with Gasteiger partial charge in [-0.05, 0) is 43.7 Å². The molecule has 76 valence electrons. The molecular weight excluding hydrogens is 202 g/mol. The molecule has 0 N–H and O–H groups in total. The van der Waals surface area contributed by atoms with Gasteiger partial charge in [-0.3, -0.25) is 0 Å². The lowest BCUT2D eigenvalue weighted by Crippen LogP contribution is -1.96. The molecule has 1 heterocycles. The Bertz CT molecular complexity index is 523. The average molecular weight is 215 g/mol. The van der Waals surface area contributed by atoms with Crippen LogP contribution >= 0.6 is 12.2 Å². The third-order valence-electron chi connectivity index (χ3n) is 2.39. The fourth-order valence-electron chi connectivity index (χ4n) is 1.50. The number of hydrogen-bond donors (Lipinski definition) is 0. The summed E-state index contributed by atoms with van der Waals surface area (Å²) in [7, 11) is 0. The lowest BCUT2D eigenvalue weighted by Gasteiger charge is -2.07. The Hall–Kier alpha value is -1.41. The zero-order chi connectivity index (χ0) is 10.8. The monoisotopic (exact) mass is 215 g/mol. The van der Waals surface area contributed by atoms with Crippen LogP contribution < -0.4 is 0 Å². The second-order valence-electron chi connectivity index (χ2n) is 3.75. The summed E-state index contributed by atoms with van der Waals surface area (Å²) in [6, 6.07) is 12.4. The van der Waals surface area contributed by atoms with Gasteiger partial charge in [-0.1, -0.05) is 29.9 Å². The van der Waals surface area contributed by atoms with Gasteiger partial charge < -0.3 is 4.57 Å². The molecule has 1 aromatic heterocycles. The minimum absolute atomic E-state index is 0.846. The minimum Gasteiger partial charge on any atom is -0.308 e. The molecule has 0 spiro atoms. The third-order valence-corrected chi connectivity index (χ3v) is 2.70. The van der Waals surface area contributed by atoms with E-state index < -0.39 is 0 Å². The van der Waals surface area contributed by atoms with Crippen molar-refractivity contribution in [2.75, 3.05) is 0 Å². The van der Waals surface area contributed by atoms with E-state index in [1.807, 2.05) is 16.8 Å². The lowest BCUT2D eigenvalue weighted by atomic mass is 10.2. The Morgan fingerprint density at radius 1 is 0.933 bits per heavy atom. The summed E-state index contributed by atoms with van der Waals surface area (Å²) in [5.74, 6) is 0. The summed E-state index contributed by atoms with van der Waals surface area (Å²) in [4.78, 5) is 0. The Kier molecular flexibility index (Phi) is 2.69.